The Balaban J connectivity index is 3.21. The SMILES string of the molecule is Fc1cc(CCl)cc(Cl)c1F. The van der Waals surface area contributed by atoms with E-state index in [2.05, 4.69) is 0 Å². The van der Waals surface area contributed by atoms with Gasteiger partial charge in [-0.15, -0.1) is 11.6 Å². The highest BCUT2D eigenvalue weighted by molar-refractivity contribution is 6.30. The third-order valence-electron chi connectivity index (χ3n) is 1.20. The normalized spacial score (nSPS) is 10.2. The highest BCUT2D eigenvalue weighted by atomic mass is 35.5. The van der Waals surface area contributed by atoms with E-state index in [1.54, 1.807) is 0 Å². The van der Waals surface area contributed by atoms with Gasteiger partial charge in [-0.3, -0.25) is 0 Å². The van der Waals surface area contributed by atoms with Crippen molar-refractivity contribution in [2.75, 3.05) is 0 Å². The Morgan fingerprint density at radius 3 is 2.36 bits per heavy atom. The lowest BCUT2D eigenvalue weighted by atomic mass is 10.2. The van der Waals surface area contributed by atoms with Gasteiger partial charge in [0.1, 0.15) is 0 Å². The first-order valence-electron chi connectivity index (χ1n) is 2.84. The summed E-state index contributed by atoms with van der Waals surface area (Å²) < 4.78 is 25.0. The Morgan fingerprint density at radius 1 is 1.27 bits per heavy atom. The van der Waals surface area contributed by atoms with Crippen LogP contribution in [0.4, 0.5) is 8.78 Å². The molecule has 0 amide bonds. The summed E-state index contributed by atoms with van der Waals surface area (Å²) in [5.74, 6) is -1.87. The van der Waals surface area contributed by atoms with Gasteiger partial charge in [-0.1, -0.05) is 11.6 Å². The van der Waals surface area contributed by atoms with Gasteiger partial charge in [0.15, 0.2) is 11.6 Å². The van der Waals surface area contributed by atoms with Crippen LogP contribution in [0.5, 0.6) is 0 Å². The van der Waals surface area contributed by atoms with Crippen molar-refractivity contribution in [3.63, 3.8) is 0 Å². The van der Waals surface area contributed by atoms with Gasteiger partial charge in [0.05, 0.1) is 5.02 Å². The fourth-order valence-electron chi connectivity index (χ4n) is 0.685. The maximum Gasteiger partial charge on any atom is 0.177 e. The van der Waals surface area contributed by atoms with E-state index in [-0.39, 0.29) is 10.9 Å². The largest absolute Gasteiger partial charge is 0.204 e. The number of benzene rings is 1. The molecule has 0 bridgehead atoms. The maximum absolute atomic E-state index is 12.5. The molecular formula is C7H4Cl2F2. The number of hydrogen-bond acceptors (Lipinski definition) is 0. The zero-order valence-electron chi connectivity index (χ0n) is 5.37. The Kier molecular flexibility index (Phi) is 2.68. The third-order valence-corrected chi connectivity index (χ3v) is 1.78. The standard InChI is InChI=1S/C7H4Cl2F2/c8-3-4-1-5(9)7(11)6(10)2-4/h1-2H,3H2. The summed E-state index contributed by atoms with van der Waals surface area (Å²) in [6.45, 7) is 0. The lowest BCUT2D eigenvalue weighted by molar-refractivity contribution is 0.508. The van der Waals surface area contributed by atoms with Gasteiger partial charge in [0.25, 0.3) is 0 Å². The summed E-state index contributed by atoms with van der Waals surface area (Å²) in [5.41, 5.74) is 0.468. The minimum atomic E-state index is -1.03. The lowest BCUT2D eigenvalue weighted by Gasteiger charge is -1.98. The molecule has 0 heterocycles. The highest BCUT2D eigenvalue weighted by Gasteiger charge is 2.07. The van der Waals surface area contributed by atoms with Crippen LogP contribution in [-0.4, -0.2) is 0 Å². The van der Waals surface area contributed by atoms with Gasteiger partial charge >= 0.3 is 0 Å². The molecule has 0 aliphatic heterocycles. The molecule has 60 valence electrons. The van der Waals surface area contributed by atoms with Crippen molar-refractivity contribution < 1.29 is 8.78 Å². The van der Waals surface area contributed by atoms with Gasteiger partial charge in [-0.25, -0.2) is 8.78 Å². The molecule has 0 N–H and O–H groups in total. The second-order valence-corrected chi connectivity index (χ2v) is 2.68. The molecule has 0 nitrogen and oxygen atoms in total. The molecule has 0 atom stereocenters. The highest BCUT2D eigenvalue weighted by Crippen LogP contribution is 2.20. The summed E-state index contributed by atoms with van der Waals surface area (Å²) in [6.07, 6.45) is 0. The molecule has 0 saturated heterocycles. The Bertz CT molecular complexity index is 250. The number of alkyl halides is 1. The van der Waals surface area contributed by atoms with Crippen molar-refractivity contribution in [1.29, 1.82) is 0 Å². The first kappa shape index (κ1) is 8.75. The first-order chi connectivity index (χ1) is 5.15. The summed E-state index contributed by atoms with van der Waals surface area (Å²) in [7, 11) is 0. The van der Waals surface area contributed by atoms with Crippen molar-refractivity contribution in [3.05, 3.63) is 34.4 Å². The van der Waals surface area contributed by atoms with Crippen LogP contribution in [0.2, 0.25) is 5.02 Å². The quantitative estimate of drug-likeness (QED) is 0.478. The zero-order chi connectivity index (χ0) is 8.43. The van der Waals surface area contributed by atoms with E-state index in [0.717, 1.165) is 6.07 Å². The average molecular weight is 197 g/mol. The predicted molar refractivity (Wildman–Crippen MR) is 40.9 cm³/mol. The Hall–Kier alpha value is -0.340. The van der Waals surface area contributed by atoms with E-state index < -0.39 is 11.6 Å². The fourth-order valence-corrected chi connectivity index (χ4v) is 1.07. The van der Waals surface area contributed by atoms with Gasteiger partial charge in [0, 0.05) is 5.88 Å². The van der Waals surface area contributed by atoms with E-state index in [4.69, 9.17) is 23.2 Å². The molecule has 11 heavy (non-hydrogen) atoms. The molecule has 0 saturated carbocycles. The van der Waals surface area contributed by atoms with Crippen LogP contribution in [0.3, 0.4) is 0 Å². The van der Waals surface area contributed by atoms with Gasteiger partial charge in [-0.05, 0) is 17.7 Å². The molecule has 0 aromatic heterocycles. The molecule has 0 radical (unpaired) electrons. The molecule has 0 aliphatic carbocycles. The molecule has 4 heteroatoms. The topological polar surface area (TPSA) is 0 Å². The van der Waals surface area contributed by atoms with Crippen LogP contribution in [0.25, 0.3) is 0 Å². The van der Waals surface area contributed by atoms with Gasteiger partial charge < -0.3 is 0 Å². The van der Waals surface area contributed by atoms with Crippen LogP contribution in [0.1, 0.15) is 5.56 Å². The van der Waals surface area contributed by atoms with E-state index in [9.17, 15) is 8.78 Å². The van der Waals surface area contributed by atoms with Crippen LogP contribution in [0, 0.1) is 11.6 Å². The first-order valence-corrected chi connectivity index (χ1v) is 3.75. The Morgan fingerprint density at radius 2 is 1.91 bits per heavy atom. The van der Waals surface area contributed by atoms with Gasteiger partial charge in [0.2, 0.25) is 0 Å². The fraction of sp³-hybridized carbons (Fsp3) is 0.143. The average Bonchev–Trinajstić information content (AvgIpc) is 1.99. The summed E-state index contributed by atoms with van der Waals surface area (Å²) >= 11 is 10.7. The van der Waals surface area contributed by atoms with E-state index >= 15 is 0 Å². The van der Waals surface area contributed by atoms with Crippen LogP contribution in [0.15, 0.2) is 12.1 Å². The molecule has 0 spiro atoms. The molecule has 0 unspecified atom stereocenters. The lowest BCUT2D eigenvalue weighted by Crippen LogP contribution is -1.88. The monoisotopic (exact) mass is 196 g/mol. The van der Waals surface area contributed by atoms with Crippen LogP contribution in [-0.2, 0) is 5.88 Å². The van der Waals surface area contributed by atoms with Gasteiger partial charge in [-0.2, -0.15) is 0 Å². The van der Waals surface area contributed by atoms with Crippen molar-refractivity contribution in [2.24, 2.45) is 0 Å². The van der Waals surface area contributed by atoms with E-state index in [1.807, 2.05) is 0 Å². The Labute approximate surface area is 72.7 Å². The smallest absolute Gasteiger partial charge is 0.177 e. The number of rotatable bonds is 1. The molecule has 1 rings (SSSR count). The summed E-state index contributed by atoms with van der Waals surface area (Å²) in [6, 6.07) is 2.32. The molecule has 0 fully saturated rings. The molecule has 1 aromatic rings. The number of halogens is 4. The van der Waals surface area contributed by atoms with Crippen molar-refractivity contribution in [3.8, 4) is 0 Å². The minimum Gasteiger partial charge on any atom is -0.204 e. The number of hydrogen-bond donors (Lipinski definition) is 0. The molecular weight excluding hydrogens is 193 g/mol. The van der Waals surface area contributed by atoms with Crippen molar-refractivity contribution in [1.82, 2.24) is 0 Å². The maximum atomic E-state index is 12.5. The summed E-state index contributed by atoms with van der Waals surface area (Å²) in [5, 5.41) is -0.236. The van der Waals surface area contributed by atoms with Crippen LogP contribution < -0.4 is 0 Å². The van der Waals surface area contributed by atoms with E-state index in [0.29, 0.717) is 5.56 Å². The van der Waals surface area contributed by atoms with E-state index in [1.165, 1.54) is 6.07 Å². The van der Waals surface area contributed by atoms with Crippen LogP contribution >= 0.6 is 23.2 Å². The van der Waals surface area contributed by atoms with Crippen molar-refractivity contribution >= 4 is 23.2 Å². The minimum absolute atomic E-state index is 0.122. The van der Waals surface area contributed by atoms with Crippen molar-refractivity contribution in [2.45, 2.75) is 5.88 Å². The zero-order valence-corrected chi connectivity index (χ0v) is 6.89. The third kappa shape index (κ3) is 1.82. The second-order valence-electron chi connectivity index (χ2n) is 2.01. The second kappa shape index (κ2) is 3.37. The molecule has 1 aromatic carbocycles. The predicted octanol–water partition coefficient (Wildman–Crippen LogP) is 3.36. The summed E-state index contributed by atoms with van der Waals surface area (Å²) in [4.78, 5) is 0. The molecule has 0 aliphatic rings.